The molecule has 1 N–H and O–H groups in total. The van der Waals surface area contributed by atoms with E-state index in [0.717, 1.165) is 17.0 Å². The number of ether oxygens (including phenoxy) is 2. The normalized spacial score (nSPS) is 15.4. The zero-order chi connectivity index (χ0) is 19.9. The molecule has 1 aliphatic rings. The summed E-state index contributed by atoms with van der Waals surface area (Å²) in [5.41, 5.74) is 1.75. The van der Waals surface area contributed by atoms with Crippen LogP contribution in [0.25, 0.3) is 0 Å². The summed E-state index contributed by atoms with van der Waals surface area (Å²) < 4.78 is 11.2. The van der Waals surface area contributed by atoms with Gasteiger partial charge >= 0.3 is 0 Å². The number of amides is 2. The quantitative estimate of drug-likeness (QED) is 0.798. The maximum Gasteiger partial charge on any atom is 0.227 e. The highest BCUT2D eigenvalue weighted by atomic mass is 16.5. The monoisotopic (exact) mass is 382 g/mol. The fourth-order valence-corrected chi connectivity index (χ4v) is 3.14. The number of nitrogens with one attached hydrogen (secondary N) is 1. The van der Waals surface area contributed by atoms with Gasteiger partial charge < -0.3 is 19.7 Å². The third kappa shape index (κ3) is 5.03. The highest BCUT2D eigenvalue weighted by molar-refractivity contribution is 5.97. The molecule has 1 heterocycles. The van der Waals surface area contributed by atoms with Crippen molar-refractivity contribution in [3.8, 4) is 11.5 Å². The van der Waals surface area contributed by atoms with Crippen LogP contribution in [0.4, 0.5) is 5.69 Å². The van der Waals surface area contributed by atoms with Gasteiger partial charge in [-0.15, -0.1) is 0 Å². The van der Waals surface area contributed by atoms with E-state index in [9.17, 15) is 9.59 Å². The Kier molecular flexibility index (Phi) is 6.53. The zero-order valence-electron chi connectivity index (χ0n) is 16.3. The maximum atomic E-state index is 12.7. The van der Waals surface area contributed by atoms with E-state index in [1.165, 1.54) is 0 Å². The second kappa shape index (κ2) is 9.26. The van der Waals surface area contributed by atoms with Crippen LogP contribution in [-0.2, 0) is 16.1 Å². The van der Waals surface area contributed by atoms with E-state index in [0.29, 0.717) is 25.4 Å². The van der Waals surface area contributed by atoms with E-state index in [-0.39, 0.29) is 30.8 Å². The van der Waals surface area contributed by atoms with Crippen molar-refractivity contribution in [2.75, 3.05) is 18.1 Å². The van der Waals surface area contributed by atoms with Gasteiger partial charge in [-0.05, 0) is 43.7 Å². The molecule has 0 saturated heterocycles. The molecule has 6 nitrogen and oxygen atoms in total. The topological polar surface area (TPSA) is 67.9 Å². The van der Waals surface area contributed by atoms with Crippen LogP contribution in [-0.4, -0.2) is 31.1 Å². The number of hydrogen-bond donors (Lipinski definition) is 1. The molecule has 2 amide bonds. The maximum absolute atomic E-state index is 12.7. The molecular formula is C22H26N2O4. The molecule has 0 fully saturated rings. The molecule has 3 rings (SSSR count). The van der Waals surface area contributed by atoms with E-state index in [2.05, 4.69) is 5.32 Å². The van der Waals surface area contributed by atoms with Crippen LogP contribution >= 0.6 is 0 Å². The number of rotatable bonds is 7. The standard InChI is InChI=1S/C22H26N2O4/c1-3-27-18-10-8-17(9-11-18)14-23-21(25)12-13-22(26)24-15-16(2)28-20-7-5-4-6-19(20)24/h4-11,16H,3,12-15H2,1-2H3,(H,23,25)/t16-/m1/s1. The van der Waals surface area contributed by atoms with E-state index in [1.54, 1.807) is 4.90 Å². The van der Waals surface area contributed by atoms with Crippen molar-refractivity contribution >= 4 is 17.5 Å². The van der Waals surface area contributed by atoms with Crippen LogP contribution < -0.4 is 19.7 Å². The largest absolute Gasteiger partial charge is 0.494 e. The first-order valence-corrected chi connectivity index (χ1v) is 9.61. The molecule has 0 bridgehead atoms. The molecule has 0 aliphatic carbocycles. The number of nitrogens with zero attached hydrogens (tertiary/aromatic N) is 1. The van der Waals surface area contributed by atoms with Crippen molar-refractivity contribution < 1.29 is 19.1 Å². The fourth-order valence-electron chi connectivity index (χ4n) is 3.14. The minimum Gasteiger partial charge on any atom is -0.494 e. The lowest BCUT2D eigenvalue weighted by molar-refractivity contribution is -0.125. The van der Waals surface area contributed by atoms with E-state index in [1.807, 2.05) is 62.4 Å². The molecule has 1 atom stereocenters. The summed E-state index contributed by atoms with van der Waals surface area (Å²) in [6, 6.07) is 15.1. The third-order valence-corrected chi connectivity index (χ3v) is 4.51. The van der Waals surface area contributed by atoms with Crippen molar-refractivity contribution in [1.82, 2.24) is 5.32 Å². The predicted molar refractivity (Wildman–Crippen MR) is 108 cm³/mol. The molecule has 0 saturated carbocycles. The van der Waals surface area contributed by atoms with Gasteiger partial charge in [-0.25, -0.2) is 0 Å². The number of carbonyl (C=O) groups excluding carboxylic acids is 2. The van der Waals surface area contributed by atoms with Crippen LogP contribution in [0.1, 0.15) is 32.3 Å². The van der Waals surface area contributed by atoms with E-state index in [4.69, 9.17) is 9.47 Å². The molecule has 0 radical (unpaired) electrons. The van der Waals surface area contributed by atoms with Crippen molar-refractivity contribution in [3.05, 3.63) is 54.1 Å². The molecule has 0 unspecified atom stereocenters. The van der Waals surface area contributed by atoms with Crippen LogP contribution in [0, 0.1) is 0 Å². The Morgan fingerprint density at radius 3 is 2.64 bits per heavy atom. The van der Waals surface area contributed by atoms with Gasteiger partial charge in [0.25, 0.3) is 0 Å². The van der Waals surface area contributed by atoms with Gasteiger partial charge in [-0.2, -0.15) is 0 Å². The second-order valence-corrected chi connectivity index (χ2v) is 6.75. The van der Waals surface area contributed by atoms with Crippen LogP contribution in [0.3, 0.4) is 0 Å². The number of para-hydroxylation sites is 2. The average molecular weight is 382 g/mol. The third-order valence-electron chi connectivity index (χ3n) is 4.51. The summed E-state index contributed by atoms with van der Waals surface area (Å²) in [5.74, 6) is 1.30. The molecular weight excluding hydrogens is 356 g/mol. The van der Waals surface area contributed by atoms with Crippen molar-refractivity contribution in [2.24, 2.45) is 0 Å². The zero-order valence-corrected chi connectivity index (χ0v) is 16.3. The molecule has 6 heteroatoms. The number of fused-ring (bicyclic) bond motifs is 1. The van der Waals surface area contributed by atoms with Gasteiger partial charge in [0.1, 0.15) is 17.6 Å². The minimum atomic E-state index is -0.142. The first-order chi connectivity index (χ1) is 13.6. The molecule has 2 aromatic rings. The predicted octanol–water partition coefficient (Wildman–Crippen LogP) is 3.30. The number of hydrogen-bond acceptors (Lipinski definition) is 4. The molecule has 0 spiro atoms. The molecule has 0 aromatic heterocycles. The number of anilines is 1. The van der Waals surface area contributed by atoms with Gasteiger partial charge in [-0.1, -0.05) is 24.3 Å². The first-order valence-electron chi connectivity index (χ1n) is 9.61. The van der Waals surface area contributed by atoms with Crippen LogP contribution in [0.5, 0.6) is 11.5 Å². The van der Waals surface area contributed by atoms with Gasteiger partial charge in [0.05, 0.1) is 18.8 Å². The summed E-state index contributed by atoms with van der Waals surface area (Å²) in [6.45, 7) is 5.41. The molecule has 28 heavy (non-hydrogen) atoms. The van der Waals surface area contributed by atoms with Crippen molar-refractivity contribution in [2.45, 2.75) is 39.3 Å². The Bertz CT molecular complexity index is 820. The van der Waals surface area contributed by atoms with E-state index < -0.39 is 0 Å². The van der Waals surface area contributed by atoms with Crippen molar-refractivity contribution in [1.29, 1.82) is 0 Å². The smallest absolute Gasteiger partial charge is 0.227 e. The average Bonchev–Trinajstić information content (AvgIpc) is 2.71. The highest BCUT2D eigenvalue weighted by Crippen LogP contribution is 2.33. The van der Waals surface area contributed by atoms with Gasteiger partial charge in [0.15, 0.2) is 0 Å². The Morgan fingerprint density at radius 1 is 1.14 bits per heavy atom. The molecule has 148 valence electrons. The van der Waals surface area contributed by atoms with Crippen molar-refractivity contribution in [3.63, 3.8) is 0 Å². The molecule has 1 aliphatic heterocycles. The lowest BCUT2D eigenvalue weighted by Gasteiger charge is -2.33. The Labute approximate surface area is 165 Å². The fraction of sp³-hybridized carbons (Fsp3) is 0.364. The lowest BCUT2D eigenvalue weighted by atomic mass is 10.1. The highest BCUT2D eigenvalue weighted by Gasteiger charge is 2.27. The van der Waals surface area contributed by atoms with Crippen LogP contribution in [0.15, 0.2) is 48.5 Å². The number of carbonyl (C=O) groups is 2. The van der Waals surface area contributed by atoms with Gasteiger partial charge in [0, 0.05) is 19.4 Å². The Balaban J connectivity index is 1.48. The SMILES string of the molecule is CCOc1ccc(CNC(=O)CCC(=O)N2C[C@@H](C)Oc3ccccc32)cc1. The summed E-state index contributed by atoms with van der Waals surface area (Å²) in [4.78, 5) is 26.5. The minimum absolute atomic E-state index is 0.0705. The second-order valence-electron chi connectivity index (χ2n) is 6.75. The summed E-state index contributed by atoms with van der Waals surface area (Å²) in [5, 5.41) is 2.86. The van der Waals surface area contributed by atoms with Crippen LogP contribution in [0.2, 0.25) is 0 Å². The number of benzene rings is 2. The van der Waals surface area contributed by atoms with Gasteiger partial charge in [-0.3, -0.25) is 9.59 Å². The Morgan fingerprint density at radius 2 is 1.89 bits per heavy atom. The van der Waals surface area contributed by atoms with E-state index >= 15 is 0 Å². The summed E-state index contributed by atoms with van der Waals surface area (Å²) in [7, 11) is 0. The Hall–Kier alpha value is -3.02. The first kappa shape index (κ1) is 19.7. The lowest BCUT2D eigenvalue weighted by Crippen LogP contribution is -2.42. The molecule has 2 aromatic carbocycles. The summed E-state index contributed by atoms with van der Waals surface area (Å²) in [6.07, 6.45) is 0.243. The summed E-state index contributed by atoms with van der Waals surface area (Å²) >= 11 is 0. The van der Waals surface area contributed by atoms with Gasteiger partial charge in [0.2, 0.25) is 11.8 Å².